The van der Waals surface area contributed by atoms with Crippen molar-refractivity contribution in [1.82, 2.24) is 0 Å². The van der Waals surface area contributed by atoms with E-state index in [1.165, 1.54) is 18.2 Å². The molecule has 3 aromatic carbocycles. The number of carbonyl (C=O) groups excluding carboxylic acids is 2. The van der Waals surface area contributed by atoms with Gasteiger partial charge < -0.3 is 10.1 Å². The van der Waals surface area contributed by atoms with Gasteiger partial charge in [-0.25, -0.2) is 0 Å². The van der Waals surface area contributed by atoms with E-state index in [-0.39, 0.29) is 24.4 Å². The number of nitro groups is 1. The largest absolute Gasteiger partial charge is 0.453 e. The fourth-order valence-electron chi connectivity index (χ4n) is 3.10. The molecule has 3 rings (SSSR count). The number of nitro benzene ring substituents is 1. The standard InChI is InChI=1S/C24H22N2O5/c1-17-16-20(26(29)30)12-13-21(17)25-22(27)14-15-23(28)31-24(18-8-4-2-5-9-18)19-10-6-3-7-11-19/h2-13,16,24H,14-15H2,1H3,(H,25,27). The molecule has 0 bridgehead atoms. The number of esters is 1. The number of aryl methyl sites for hydroxylation is 1. The van der Waals surface area contributed by atoms with Crippen LogP contribution in [0, 0.1) is 17.0 Å². The first kappa shape index (κ1) is 21.7. The van der Waals surface area contributed by atoms with Crippen molar-refractivity contribution < 1.29 is 19.2 Å². The third-order valence-corrected chi connectivity index (χ3v) is 4.71. The van der Waals surface area contributed by atoms with Crippen LogP contribution in [0.2, 0.25) is 0 Å². The van der Waals surface area contributed by atoms with Crippen LogP contribution in [0.15, 0.2) is 78.9 Å². The van der Waals surface area contributed by atoms with E-state index in [0.717, 1.165) is 11.1 Å². The van der Waals surface area contributed by atoms with Crippen LogP contribution < -0.4 is 5.32 Å². The third kappa shape index (κ3) is 5.99. The molecule has 0 spiro atoms. The lowest BCUT2D eigenvalue weighted by molar-refractivity contribution is -0.384. The molecule has 0 aliphatic carbocycles. The molecule has 0 heterocycles. The summed E-state index contributed by atoms with van der Waals surface area (Å²) >= 11 is 0. The zero-order valence-corrected chi connectivity index (χ0v) is 17.0. The Bertz CT molecular complexity index is 1030. The van der Waals surface area contributed by atoms with Gasteiger partial charge in [-0.1, -0.05) is 60.7 Å². The van der Waals surface area contributed by atoms with Crippen molar-refractivity contribution in [3.8, 4) is 0 Å². The Morgan fingerprint density at radius 3 is 2.03 bits per heavy atom. The molecule has 0 saturated carbocycles. The van der Waals surface area contributed by atoms with Gasteiger partial charge in [0.1, 0.15) is 0 Å². The second-order valence-corrected chi connectivity index (χ2v) is 7.00. The normalized spacial score (nSPS) is 10.5. The Balaban J connectivity index is 1.60. The molecular weight excluding hydrogens is 396 g/mol. The SMILES string of the molecule is Cc1cc([N+](=O)[O-])ccc1NC(=O)CCC(=O)OC(c1ccccc1)c1ccccc1. The number of nitrogens with one attached hydrogen (secondary N) is 1. The minimum absolute atomic E-state index is 0.0491. The first-order chi connectivity index (χ1) is 14.9. The summed E-state index contributed by atoms with van der Waals surface area (Å²) < 4.78 is 5.70. The average molecular weight is 418 g/mol. The number of carbonyl (C=O) groups is 2. The second kappa shape index (κ2) is 10.2. The van der Waals surface area contributed by atoms with E-state index >= 15 is 0 Å². The van der Waals surface area contributed by atoms with Gasteiger partial charge >= 0.3 is 5.97 Å². The number of anilines is 1. The first-order valence-corrected chi connectivity index (χ1v) is 9.78. The average Bonchev–Trinajstić information content (AvgIpc) is 2.78. The van der Waals surface area contributed by atoms with Crippen LogP contribution in [-0.4, -0.2) is 16.8 Å². The fraction of sp³-hybridized carbons (Fsp3) is 0.167. The van der Waals surface area contributed by atoms with E-state index in [0.29, 0.717) is 11.3 Å². The second-order valence-electron chi connectivity index (χ2n) is 7.00. The molecule has 0 saturated heterocycles. The quantitative estimate of drug-likeness (QED) is 0.317. The molecule has 7 nitrogen and oxygen atoms in total. The fourth-order valence-corrected chi connectivity index (χ4v) is 3.10. The molecule has 158 valence electrons. The van der Waals surface area contributed by atoms with Crippen molar-refractivity contribution >= 4 is 23.3 Å². The van der Waals surface area contributed by atoms with Crippen LogP contribution in [0.25, 0.3) is 0 Å². The zero-order valence-electron chi connectivity index (χ0n) is 17.0. The highest BCUT2D eigenvalue weighted by Crippen LogP contribution is 2.26. The summed E-state index contributed by atoms with van der Waals surface area (Å²) in [5, 5.41) is 13.5. The maximum absolute atomic E-state index is 12.5. The smallest absolute Gasteiger partial charge is 0.307 e. The molecule has 31 heavy (non-hydrogen) atoms. The summed E-state index contributed by atoms with van der Waals surface area (Å²) in [5.74, 6) is -0.863. The van der Waals surface area contributed by atoms with Gasteiger partial charge in [0.25, 0.3) is 5.69 Å². The van der Waals surface area contributed by atoms with E-state index in [2.05, 4.69) is 5.32 Å². The monoisotopic (exact) mass is 418 g/mol. The number of rotatable bonds is 8. The number of nitrogens with zero attached hydrogens (tertiary/aromatic N) is 1. The summed E-state index contributed by atoms with van der Waals surface area (Å²) in [6, 6.07) is 23.0. The lowest BCUT2D eigenvalue weighted by Gasteiger charge is -2.19. The van der Waals surface area contributed by atoms with Crippen molar-refractivity contribution in [2.24, 2.45) is 0 Å². The molecule has 0 aliphatic rings. The lowest BCUT2D eigenvalue weighted by atomic mass is 10.0. The van der Waals surface area contributed by atoms with Crippen LogP contribution in [0.5, 0.6) is 0 Å². The van der Waals surface area contributed by atoms with Crippen LogP contribution in [0.1, 0.15) is 35.6 Å². The molecule has 1 N–H and O–H groups in total. The van der Waals surface area contributed by atoms with E-state index < -0.39 is 17.0 Å². The molecule has 1 amide bonds. The van der Waals surface area contributed by atoms with Crippen molar-refractivity contribution in [1.29, 1.82) is 0 Å². The number of ether oxygens (including phenoxy) is 1. The Labute approximate surface area is 179 Å². The predicted molar refractivity (Wildman–Crippen MR) is 117 cm³/mol. The Morgan fingerprint density at radius 2 is 1.52 bits per heavy atom. The maximum atomic E-state index is 12.5. The summed E-state index contributed by atoms with van der Waals surface area (Å²) in [5.41, 5.74) is 2.67. The van der Waals surface area contributed by atoms with Gasteiger partial charge in [-0.05, 0) is 29.7 Å². The summed E-state index contributed by atoms with van der Waals surface area (Å²) in [6.45, 7) is 1.67. The van der Waals surface area contributed by atoms with Gasteiger partial charge in [0.05, 0.1) is 11.3 Å². The highest BCUT2D eigenvalue weighted by Gasteiger charge is 2.19. The number of non-ortho nitro benzene ring substituents is 1. The van der Waals surface area contributed by atoms with Crippen molar-refractivity contribution in [3.05, 3.63) is 106 Å². The Kier molecular flexibility index (Phi) is 7.11. The van der Waals surface area contributed by atoms with Crippen molar-refractivity contribution in [3.63, 3.8) is 0 Å². The molecule has 0 aliphatic heterocycles. The van der Waals surface area contributed by atoms with Crippen molar-refractivity contribution in [2.45, 2.75) is 25.9 Å². The van der Waals surface area contributed by atoms with Gasteiger partial charge in [0.2, 0.25) is 5.91 Å². The molecule has 0 atom stereocenters. The summed E-state index contributed by atoms with van der Waals surface area (Å²) in [6.07, 6.45) is -0.713. The summed E-state index contributed by atoms with van der Waals surface area (Å²) in [7, 11) is 0. The zero-order chi connectivity index (χ0) is 22.2. The van der Waals surface area contributed by atoms with Gasteiger partial charge in [0.15, 0.2) is 6.10 Å². The van der Waals surface area contributed by atoms with Gasteiger partial charge in [-0.2, -0.15) is 0 Å². The van der Waals surface area contributed by atoms with Crippen LogP contribution in [0.4, 0.5) is 11.4 Å². The minimum Gasteiger partial charge on any atom is -0.453 e. The number of benzene rings is 3. The van der Waals surface area contributed by atoms with Gasteiger partial charge in [0, 0.05) is 24.2 Å². The number of amides is 1. The molecule has 7 heteroatoms. The lowest BCUT2D eigenvalue weighted by Crippen LogP contribution is -2.17. The van der Waals surface area contributed by atoms with Crippen LogP contribution in [0.3, 0.4) is 0 Å². The molecular formula is C24H22N2O5. The Hall–Kier alpha value is -4.00. The van der Waals surface area contributed by atoms with Crippen LogP contribution in [-0.2, 0) is 14.3 Å². The van der Waals surface area contributed by atoms with E-state index in [1.807, 2.05) is 60.7 Å². The highest BCUT2D eigenvalue weighted by atomic mass is 16.6. The van der Waals surface area contributed by atoms with Crippen molar-refractivity contribution in [2.75, 3.05) is 5.32 Å². The first-order valence-electron chi connectivity index (χ1n) is 9.78. The van der Waals surface area contributed by atoms with E-state index in [9.17, 15) is 19.7 Å². The molecule has 3 aromatic rings. The number of hydrogen-bond donors (Lipinski definition) is 1. The van der Waals surface area contributed by atoms with E-state index in [1.54, 1.807) is 6.92 Å². The van der Waals surface area contributed by atoms with Crippen LogP contribution >= 0.6 is 0 Å². The van der Waals surface area contributed by atoms with Gasteiger partial charge in [-0.15, -0.1) is 0 Å². The molecule has 0 fully saturated rings. The highest BCUT2D eigenvalue weighted by molar-refractivity contribution is 5.93. The Morgan fingerprint density at radius 1 is 0.935 bits per heavy atom. The predicted octanol–water partition coefficient (Wildman–Crippen LogP) is 4.95. The molecule has 0 radical (unpaired) electrons. The van der Waals surface area contributed by atoms with Gasteiger partial charge in [-0.3, -0.25) is 19.7 Å². The van der Waals surface area contributed by atoms with E-state index in [4.69, 9.17) is 4.74 Å². The third-order valence-electron chi connectivity index (χ3n) is 4.71. The maximum Gasteiger partial charge on any atom is 0.307 e. The molecule has 0 aromatic heterocycles. The topological polar surface area (TPSA) is 98.5 Å². The summed E-state index contributed by atoms with van der Waals surface area (Å²) in [4.78, 5) is 35.1. The molecule has 0 unspecified atom stereocenters. The minimum atomic E-state index is -0.560. The number of hydrogen-bond acceptors (Lipinski definition) is 5.